The number of fused-ring (bicyclic) bond motifs is 1. The first kappa shape index (κ1) is 13.7. The maximum Gasteiger partial charge on any atom is 0.234 e. The lowest BCUT2D eigenvalue weighted by atomic mass is 10.1. The van der Waals surface area contributed by atoms with Crippen molar-refractivity contribution < 1.29 is 0 Å². The van der Waals surface area contributed by atoms with E-state index in [9.17, 15) is 0 Å². The van der Waals surface area contributed by atoms with Gasteiger partial charge in [-0.3, -0.25) is 4.57 Å². The van der Waals surface area contributed by atoms with Crippen LogP contribution in [0.1, 0.15) is 11.1 Å². The molecule has 4 aromatic rings. The minimum absolute atomic E-state index is 0.707. The van der Waals surface area contributed by atoms with Gasteiger partial charge >= 0.3 is 0 Å². The number of aromatic nitrogens is 3. The van der Waals surface area contributed by atoms with Crippen molar-refractivity contribution in [3.63, 3.8) is 0 Å². The van der Waals surface area contributed by atoms with E-state index >= 15 is 0 Å². The molecule has 0 fully saturated rings. The lowest BCUT2D eigenvalue weighted by Crippen LogP contribution is -2.03. The summed E-state index contributed by atoms with van der Waals surface area (Å²) >= 11 is 0. The van der Waals surface area contributed by atoms with Gasteiger partial charge in [0, 0.05) is 17.8 Å². The van der Waals surface area contributed by atoms with Gasteiger partial charge in [-0.25, -0.2) is 9.97 Å². The van der Waals surface area contributed by atoms with Gasteiger partial charge in [0.05, 0.1) is 11.2 Å². The summed E-state index contributed by atoms with van der Waals surface area (Å²) in [6, 6.07) is 18.7. The molecule has 0 N–H and O–H groups in total. The van der Waals surface area contributed by atoms with Crippen LogP contribution in [0.25, 0.3) is 28.1 Å². The molecule has 0 bridgehead atoms. The Bertz CT molecular complexity index is 970. The Morgan fingerprint density at radius 3 is 2.26 bits per heavy atom. The second kappa shape index (κ2) is 5.36. The number of rotatable bonds is 2. The summed E-state index contributed by atoms with van der Waals surface area (Å²) in [5.41, 5.74) is 5.98. The van der Waals surface area contributed by atoms with Gasteiger partial charge in [-0.15, -0.1) is 0 Å². The monoisotopic (exact) mass is 299 g/mol. The van der Waals surface area contributed by atoms with Crippen LogP contribution in [0.15, 0.2) is 67.0 Å². The normalized spacial score (nSPS) is 11.0. The Morgan fingerprint density at radius 1 is 0.783 bits per heavy atom. The van der Waals surface area contributed by atoms with Crippen LogP contribution < -0.4 is 0 Å². The van der Waals surface area contributed by atoms with Crippen molar-refractivity contribution in [2.75, 3.05) is 0 Å². The smallest absolute Gasteiger partial charge is 0.234 e. The number of nitrogens with zero attached hydrogens (tertiary/aromatic N) is 3. The maximum atomic E-state index is 4.49. The zero-order valence-electron chi connectivity index (χ0n) is 13.2. The van der Waals surface area contributed by atoms with E-state index in [1.165, 1.54) is 27.6 Å². The van der Waals surface area contributed by atoms with Gasteiger partial charge in [0.25, 0.3) is 0 Å². The highest BCUT2D eigenvalue weighted by Crippen LogP contribution is 2.36. The minimum Gasteiger partial charge on any atom is -0.277 e. The molecule has 23 heavy (non-hydrogen) atoms. The quantitative estimate of drug-likeness (QED) is 0.537. The second-order valence-electron chi connectivity index (χ2n) is 5.69. The van der Waals surface area contributed by atoms with E-state index in [0.29, 0.717) is 5.95 Å². The van der Waals surface area contributed by atoms with Crippen molar-refractivity contribution in [3.05, 3.63) is 78.1 Å². The molecule has 0 aliphatic rings. The molecule has 0 spiro atoms. The predicted molar refractivity (Wildman–Crippen MR) is 93.8 cm³/mol. The summed E-state index contributed by atoms with van der Waals surface area (Å²) in [6.07, 6.45) is 3.58. The largest absolute Gasteiger partial charge is 0.277 e. The molecule has 0 saturated heterocycles. The Labute approximate surface area is 135 Å². The first-order chi connectivity index (χ1) is 11.3. The summed E-state index contributed by atoms with van der Waals surface area (Å²) in [5.74, 6) is 0.707. The molecule has 0 aliphatic carbocycles. The molecular weight excluding hydrogens is 282 g/mol. The average Bonchev–Trinajstić information content (AvgIpc) is 2.91. The SMILES string of the molecule is Cc1c(-c2ccccc2)n(-c2ncccn2)c2c(C)cccc12. The topological polar surface area (TPSA) is 30.7 Å². The summed E-state index contributed by atoms with van der Waals surface area (Å²) in [4.78, 5) is 8.98. The second-order valence-corrected chi connectivity index (χ2v) is 5.69. The lowest BCUT2D eigenvalue weighted by molar-refractivity contribution is 0.962. The van der Waals surface area contributed by atoms with E-state index < -0.39 is 0 Å². The standard InChI is InChI=1S/C20H17N3/c1-14-8-6-11-17-15(2)19(16-9-4-3-5-10-16)23(18(14)17)20-21-12-7-13-22-20/h3-13H,1-2H3. The van der Waals surface area contributed by atoms with Crippen molar-refractivity contribution in [1.29, 1.82) is 0 Å². The molecule has 0 radical (unpaired) electrons. The van der Waals surface area contributed by atoms with Gasteiger partial charge in [-0.2, -0.15) is 0 Å². The van der Waals surface area contributed by atoms with Gasteiger partial charge in [-0.05, 0) is 36.6 Å². The number of hydrogen-bond donors (Lipinski definition) is 0. The predicted octanol–water partition coefficient (Wildman–Crippen LogP) is 4.70. The average molecular weight is 299 g/mol. The van der Waals surface area contributed by atoms with Gasteiger partial charge in [0.1, 0.15) is 0 Å². The van der Waals surface area contributed by atoms with Crippen molar-refractivity contribution in [2.45, 2.75) is 13.8 Å². The summed E-state index contributed by atoms with van der Waals surface area (Å²) in [6.45, 7) is 4.31. The van der Waals surface area contributed by atoms with Crippen LogP contribution in [0, 0.1) is 13.8 Å². The van der Waals surface area contributed by atoms with E-state index in [0.717, 1.165) is 5.69 Å². The van der Waals surface area contributed by atoms with Crippen LogP contribution >= 0.6 is 0 Å². The number of benzene rings is 2. The van der Waals surface area contributed by atoms with Gasteiger partial charge in [-0.1, -0.05) is 48.5 Å². The Morgan fingerprint density at radius 2 is 1.52 bits per heavy atom. The third-order valence-corrected chi connectivity index (χ3v) is 4.24. The third-order valence-electron chi connectivity index (χ3n) is 4.24. The van der Waals surface area contributed by atoms with Gasteiger partial charge < -0.3 is 0 Å². The molecule has 2 aromatic carbocycles. The summed E-state index contributed by atoms with van der Waals surface area (Å²) in [5, 5.41) is 1.25. The minimum atomic E-state index is 0.707. The lowest BCUT2D eigenvalue weighted by Gasteiger charge is -2.11. The molecule has 112 valence electrons. The molecule has 3 nitrogen and oxygen atoms in total. The summed E-state index contributed by atoms with van der Waals surface area (Å²) in [7, 11) is 0. The fraction of sp³-hybridized carbons (Fsp3) is 0.100. The first-order valence-electron chi connectivity index (χ1n) is 7.71. The van der Waals surface area contributed by atoms with Gasteiger partial charge in [0.2, 0.25) is 5.95 Å². The van der Waals surface area contributed by atoms with Crippen LogP contribution in [0.5, 0.6) is 0 Å². The number of aryl methyl sites for hydroxylation is 2. The Hall–Kier alpha value is -2.94. The molecular formula is C20H17N3. The van der Waals surface area contributed by atoms with E-state index in [1.807, 2.05) is 12.1 Å². The highest BCUT2D eigenvalue weighted by atomic mass is 15.2. The van der Waals surface area contributed by atoms with E-state index in [4.69, 9.17) is 0 Å². The molecule has 0 unspecified atom stereocenters. The van der Waals surface area contributed by atoms with Crippen LogP contribution in [0.3, 0.4) is 0 Å². The molecule has 2 aromatic heterocycles. The molecule has 3 heteroatoms. The van der Waals surface area contributed by atoms with Crippen molar-refractivity contribution >= 4 is 10.9 Å². The molecule has 0 amide bonds. The zero-order chi connectivity index (χ0) is 15.8. The fourth-order valence-electron chi connectivity index (χ4n) is 3.21. The third kappa shape index (κ3) is 2.13. The Balaban J connectivity index is 2.18. The molecule has 0 aliphatic heterocycles. The Kier molecular flexibility index (Phi) is 3.19. The van der Waals surface area contributed by atoms with Gasteiger partial charge in [0.15, 0.2) is 0 Å². The molecule has 4 rings (SSSR count). The van der Waals surface area contributed by atoms with Crippen LogP contribution in [0.4, 0.5) is 0 Å². The van der Waals surface area contributed by atoms with Crippen molar-refractivity contribution in [1.82, 2.24) is 14.5 Å². The number of hydrogen-bond acceptors (Lipinski definition) is 2. The zero-order valence-corrected chi connectivity index (χ0v) is 13.2. The highest BCUT2D eigenvalue weighted by Gasteiger charge is 2.19. The summed E-state index contributed by atoms with van der Waals surface area (Å²) < 4.78 is 2.18. The van der Waals surface area contributed by atoms with E-state index in [-0.39, 0.29) is 0 Å². The molecule has 2 heterocycles. The molecule has 0 atom stereocenters. The van der Waals surface area contributed by atoms with E-state index in [2.05, 4.69) is 70.8 Å². The van der Waals surface area contributed by atoms with Crippen molar-refractivity contribution in [3.8, 4) is 17.2 Å². The maximum absolute atomic E-state index is 4.49. The fourth-order valence-corrected chi connectivity index (χ4v) is 3.21. The van der Waals surface area contributed by atoms with E-state index in [1.54, 1.807) is 12.4 Å². The number of para-hydroxylation sites is 1. The van der Waals surface area contributed by atoms with Crippen LogP contribution in [0.2, 0.25) is 0 Å². The van der Waals surface area contributed by atoms with Crippen LogP contribution in [-0.4, -0.2) is 14.5 Å². The molecule has 0 saturated carbocycles. The van der Waals surface area contributed by atoms with Crippen LogP contribution in [-0.2, 0) is 0 Å². The van der Waals surface area contributed by atoms with Crippen molar-refractivity contribution in [2.24, 2.45) is 0 Å². The highest BCUT2D eigenvalue weighted by molar-refractivity contribution is 5.94. The first-order valence-corrected chi connectivity index (χ1v) is 7.71.